The van der Waals surface area contributed by atoms with Gasteiger partial charge in [-0.2, -0.15) is 0 Å². The van der Waals surface area contributed by atoms with Crippen LogP contribution >= 0.6 is 11.3 Å². The molecule has 1 aromatic carbocycles. The van der Waals surface area contributed by atoms with E-state index in [0.717, 1.165) is 23.8 Å². The lowest BCUT2D eigenvalue weighted by atomic mass is 10.1. The van der Waals surface area contributed by atoms with E-state index in [4.69, 9.17) is 10.5 Å². The van der Waals surface area contributed by atoms with Gasteiger partial charge in [-0.15, -0.1) is 11.3 Å². The molecule has 0 saturated carbocycles. The van der Waals surface area contributed by atoms with Crippen molar-refractivity contribution in [2.24, 2.45) is 5.73 Å². The molecule has 1 aromatic heterocycles. The number of carbonyl (C=O) groups excluding carboxylic acids is 1. The predicted molar refractivity (Wildman–Crippen MR) is 104 cm³/mol. The highest BCUT2D eigenvalue weighted by Crippen LogP contribution is 2.26. The number of hydrogen-bond acceptors (Lipinski definition) is 6. The second-order valence-electron chi connectivity index (χ2n) is 6.41. The fourth-order valence-corrected chi connectivity index (χ4v) is 4.06. The van der Waals surface area contributed by atoms with Crippen molar-refractivity contribution in [2.45, 2.75) is 25.3 Å². The lowest BCUT2D eigenvalue weighted by molar-refractivity contribution is 0.0933. The number of hydrogen-bond donors (Lipinski definition) is 2. The van der Waals surface area contributed by atoms with E-state index in [0.29, 0.717) is 25.2 Å². The number of nitrogens with one attached hydrogen (secondary N) is 1. The van der Waals surface area contributed by atoms with Gasteiger partial charge >= 0.3 is 0 Å². The third kappa shape index (κ3) is 4.60. The van der Waals surface area contributed by atoms with Gasteiger partial charge in [-0.1, -0.05) is 12.1 Å². The maximum absolute atomic E-state index is 12.5. The summed E-state index contributed by atoms with van der Waals surface area (Å²) in [6, 6.07) is 8.26. The monoisotopic (exact) mass is 374 g/mol. The second kappa shape index (κ2) is 9.12. The summed E-state index contributed by atoms with van der Waals surface area (Å²) in [4.78, 5) is 19.3. The maximum Gasteiger partial charge on any atom is 0.270 e. The van der Waals surface area contributed by atoms with Crippen LogP contribution in [0.2, 0.25) is 0 Å². The van der Waals surface area contributed by atoms with Crippen LogP contribution in [-0.2, 0) is 6.42 Å². The number of methoxy groups -OCH3 is 1. The number of nitrogens with two attached hydrogens (primary N) is 1. The van der Waals surface area contributed by atoms with Crippen molar-refractivity contribution >= 4 is 17.2 Å². The summed E-state index contributed by atoms with van der Waals surface area (Å²) in [5.41, 5.74) is 7.22. The largest absolute Gasteiger partial charge is 0.497 e. The molecule has 1 atom stereocenters. The van der Waals surface area contributed by atoms with E-state index in [1.54, 1.807) is 12.5 Å². The average Bonchev–Trinajstić information content (AvgIpc) is 3.35. The molecule has 1 fully saturated rings. The summed E-state index contributed by atoms with van der Waals surface area (Å²) in [6.45, 7) is 3.23. The maximum atomic E-state index is 12.5. The quantitative estimate of drug-likeness (QED) is 0.741. The molecule has 3 N–H and O–H groups in total. The number of ether oxygens (including phenoxy) is 1. The Morgan fingerprint density at radius 3 is 2.73 bits per heavy atom. The molecule has 26 heavy (non-hydrogen) atoms. The number of rotatable bonds is 8. The molecule has 2 aromatic rings. The van der Waals surface area contributed by atoms with Crippen LogP contribution in [0.3, 0.4) is 0 Å². The highest BCUT2D eigenvalue weighted by Gasteiger charge is 2.24. The summed E-state index contributed by atoms with van der Waals surface area (Å²) in [5.74, 6) is 0.718. The van der Waals surface area contributed by atoms with Crippen molar-refractivity contribution in [1.29, 1.82) is 0 Å². The van der Waals surface area contributed by atoms with Gasteiger partial charge in [0.2, 0.25) is 0 Å². The third-order valence-corrected chi connectivity index (χ3v) is 5.59. The van der Waals surface area contributed by atoms with Crippen LogP contribution in [0.15, 0.2) is 29.6 Å². The molecule has 1 amide bonds. The smallest absolute Gasteiger partial charge is 0.270 e. The van der Waals surface area contributed by atoms with Crippen molar-refractivity contribution in [2.75, 3.05) is 33.3 Å². The molecule has 2 heterocycles. The lowest BCUT2D eigenvalue weighted by Crippen LogP contribution is -2.36. The molecule has 140 valence electrons. The minimum absolute atomic E-state index is 0.123. The van der Waals surface area contributed by atoms with Crippen LogP contribution < -0.4 is 15.8 Å². The number of thiazole rings is 1. The SMILES string of the molecule is COc1ccc(C(CNC(=O)c2csc(CCN)n2)N2CCCC2)cc1. The molecule has 0 radical (unpaired) electrons. The first-order valence-corrected chi connectivity index (χ1v) is 9.90. The van der Waals surface area contributed by atoms with Crippen molar-refractivity contribution in [3.05, 3.63) is 45.9 Å². The molecule has 1 saturated heterocycles. The van der Waals surface area contributed by atoms with Crippen LogP contribution in [-0.4, -0.2) is 49.1 Å². The number of aromatic nitrogens is 1. The van der Waals surface area contributed by atoms with E-state index in [1.165, 1.54) is 29.7 Å². The molecule has 3 rings (SSSR count). The van der Waals surface area contributed by atoms with Gasteiger partial charge in [0, 0.05) is 18.3 Å². The van der Waals surface area contributed by atoms with Crippen LogP contribution in [0.1, 0.15) is 39.9 Å². The molecule has 0 bridgehead atoms. The first-order chi connectivity index (χ1) is 12.7. The molecule has 1 aliphatic rings. The number of nitrogens with zero attached hydrogens (tertiary/aromatic N) is 2. The minimum Gasteiger partial charge on any atom is -0.497 e. The first kappa shape index (κ1) is 18.8. The summed E-state index contributed by atoms with van der Waals surface area (Å²) in [6.07, 6.45) is 3.12. The van der Waals surface area contributed by atoms with Crippen molar-refractivity contribution < 1.29 is 9.53 Å². The van der Waals surface area contributed by atoms with E-state index in [-0.39, 0.29) is 11.9 Å². The van der Waals surface area contributed by atoms with E-state index in [1.807, 2.05) is 12.1 Å². The van der Waals surface area contributed by atoms with Crippen LogP contribution in [0.25, 0.3) is 0 Å². The Labute approximate surface area is 158 Å². The average molecular weight is 375 g/mol. The van der Waals surface area contributed by atoms with Crippen LogP contribution in [0.5, 0.6) is 5.75 Å². The van der Waals surface area contributed by atoms with Crippen molar-refractivity contribution in [3.63, 3.8) is 0 Å². The van der Waals surface area contributed by atoms with E-state index in [2.05, 4.69) is 27.3 Å². The fourth-order valence-electron chi connectivity index (χ4n) is 3.27. The van der Waals surface area contributed by atoms with E-state index < -0.39 is 0 Å². The summed E-state index contributed by atoms with van der Waals surface area (Å²) in [5, 5.41) is 5.77. The second-order valence-corrected chi connectivity index (χ2v) is 7.35. The Balaban J connectivity index is 1.67. The molecule has 0 spiro atoms. The summed E-state index contributed by atoms with van der Waals surface area (Å²) >= 11 is 1.49. The predicted octanol–water partition coefficient (Wildman–Crippen LogP) is 2.22. The van der Waals surface area contributed by atoms with Gasteiger partial charge in [-0.3, -0.25) is 9.69 Å². The van der Waals surface area contributed by atoms with Gasteiger partial charge in [-0.05, 0) is 50.2 Å². The Bertz CT molecular complexity index is 711. The Morgan fingerprint density at radius 1 is 1.35 bits per heavy atom. The summed E-state index contributed by atoms with van der Waals surface area (Å²) < 4.78 is 5.25. The lowest BCUT2D eigenvalue weighted by Gasteiger charge is -2.28. The van der Waals surface area contributed by atoms with Gasteiger partial charge in [0.05, 0.1) is 18.2 Å². The Kier molecular flexibility index (Phi) is 6.60. The zero-order chi connectivity index (χ0) is 18.4. The highest BCUT2D eigenvalue weighted by molar-refractivity contribution is 7.09. The van der Waals surface area contributed by atoms with E-state index in [9.17, 15) is 4.79 Å². The number of likely N-dealkylation sites (tertiary alicyclic amines) is 1. The van der Waals surface area contributed by atoms with Crippen molar-refractivity contribution in [1.82, 2.24) is 15.2 Å². The number of benzene rings is 1. The van der Waals surface area contributed by atoms with Gasteiger partial charge in [0.25, 0.3) is 5.91 Å². The topological polar surface area (TPSA) is 80.5 Å². The van der Waals surface area contributed by atoms with Gasteiger partial charge < -0.3 is 15.8 Å². The highest BCUT2D eigenvalue weighted by atomic mass is 32.1. The van der Waals surface area contributed by atoms with Gasteiger partial charge in [0.15, 0.2) is 0 Å². The molecule has 1 aliphatic heterocycles. The van der Waals surface area contributed by atoms with Crippen LogP contribution in [0, 0.1) is 0 Å². The Morgan fingerprint density at radius 2 is 2.08 bits per heavy atom. The molecular weight excluding hydrogens is 348 g/mol. The molecular formula is C19H26N4O2S. The zero-order valence-electron chi connectivity index (χ0n) is 15.1. The van der Waals surface area contributed by atoms with Gasteiger partial charge in [0.1, 0.15) is 11.4 Å². The third-order valence-electron chi connectivity index (χ3n) is 4.68. The normalized spacial score (nSPS) is 15.8. The van der Waals surface area contributed by atoms with Crippen molar-refractivity contribution in [3.8, 4) is 5.75 Å². The Hall–Kier alpha value is -1.96. The number of carbonyl (C=O) groups is 1. The van der Waals surface area contributed by atoms with E-state index >= 15 is 0 Å². The van der Waals surface area contributed by atoms with Gasteiger partial charge in [-0.25, -0.2) is 4.98 Å². The molecule has 7 heteroatoms. The van der Waals surface area contributed by atoms with Crippen LogP contribution in [0.4, 0.5) is 0 Å². The fraction of sp³-hybridized carbons (Fsp3) is 0.474. The molecule has 6 nitrogen and oxygen atoms in total. The standard InChI is InChI=1S/C19H26N4O2S/c1-25-15-6-4-14(5-7-15)17(23-10-2-3-11-23)12-21-19(24)16-13-26-18(22-16)8-9-20/h4-7,13,17H,2-3,8-12,20H2,1H3,(H,21,24). The molecule has 0 aliphatic carbocycles. The zero-order valence-corrected chi connectivity index (χ0v) is 15.9. The first-order valence-electron chi connectivity index (χ1n) is 9.02. The number of amides is 1. The minimum atomic E-state index is -0.123. The molecule has 1 unspecified atom stereocenters. The summed E-state index contributed by atoms with van der Waals surface area (Å²) in [7, 11) is 1.67.